The molecule has 1 unspecified atom stereocenters. The highest BCUT2D eigenvalue weighted by atomic mass is 31.2. The highest BCUT2D eigenvalue weighted by Gasteiger charge is 2.48. The zero-order valence-electron chi connectivity index (χ0n) is 15.7. The Hall–Kier alpha value is -2.10. The van der Waals surface area contributed by atoms with Crippen LogP contribution >= 0.6 is 7.60 Å². The van der Waals surface area contributed by atoms with Crippen molar-refractivity contribution in [2.75, 3.05) is 19.8 Å². The fourth-order valence-corrected chi connectivity index (χ4v) is 3.93. The monoisotopic (exact) mass is 460 g/mol. The maximum atomic E-state index is 12.9. The molecule has 0 saturated carbocycles. The van der Waals surface area contributed by atoms with E-state index in [-0.39, 0.29) is 6.61 Å². The Morgan fingerprint density at radius 3 is 2.00 bits per heavy atom. The molecule has 0 bridgehead atoms. The normalized spacial score (nSPS) is 14.0. The summed E-state index contributed by atoms with van der Waals surface area (Å²) >= 11 is 0. The molecule has 0 heterocycles. The predicted octanol–water partition coefficient (Wildman–Crippen LogP) is 5.54. The molecule has 12 heteroatoms. The number of ether oxygens (including phenoxy) is 1. The topological polar surface area (TPSA) is 61.8 Å². The molecule has 0 saturated heterocycles. The summed E-state index contributed by atoms with van der Waals surface area (Å²) in [4.78, 5) is 12.3. The molecule has 1 aromatic rings. The summed E-state index contributed by atoms with van der Waals surface area (Å²) in [6.45, 7) is 0.0994. The lowest BCUT2D eigenvalue weighted by atomic mass is 10.1. The molecule has 0 aliphatic carbocycles. The standard InChI is InChI=1S/C18H19F6O5P/c1-3-27-16(25)15(13(2)9-10-14-7-5-4-6-8-14)30(26,28-11-17(19,20)21)29-12-18(22,23)24/h4-10,15H,2-3,11-12H2,1H3/b10-9+. The van der Waals surface area contributed by atoms with E-state index in [1.807, 2.05) is 0 Å². The molecule has 1 atom stereocenters. The van der Waals surface area contributed by atoms with Gasteiger partial charge in [-0.25, -0.2) is 0 Å². The van der Waals surface area contributed by atoms with E-state index in [4.69, 9.17) is 0 Å². The van der Waals surface area contributed by atoms with Gasteiger partial charge in [0.1, 0.15) is 0 Å². The second-order valence-corrected chi connectivity index (χ2v) is 7.90. The van der Waals surface area contributed by atoms with Gasteiger partial charge in [0, 0.05) is 0 Å². The number of hydrogen-bond acceptors (Lipinski definition) is 5. The minimum atomic E-state index is -5.35. The molecule has 0 amide bonds. The molecule has 0 aliphatic heterocycles. The van der Waals surface area contributed by atoms with Crippen molar-refractivity contribution in [3.63, 3.8) is 0 Å². The summed E-state index contributed by atoms with van der Waals surface area (Å²) in [5.74, 6) is -1.40. The Bertz CT molecular complexity index is 766. The van der Waals surface area contributed by atoms with Crippen LogP contribution in [0.2, 0.25) is 0 Å². The highest BCUT2D eigenvalue weighted by Crippen LogP contribution is 2.57. The number of allylic oxidation sites excluding steroid dienone is 1. The SMILES string of the molecule is C=C(/C=C/c1ccccc1)C(C(=O)OCC)P(=O)(OCC(F)(F)F)OCC(F)(F)F. The van der Waals surface area contributed by atoms with Gasteiger partial charge in [-0.15, -0.1) is 0 Å². The number of rotatable bonds is 10. The van der Waals surface area contributed by atoms with Crippen molar-refractivity contribution < 1.29 is 49.5 Å². The Morgan fingerprint density at radius 2 is 1.57 bits per heavy atom. The van der Waals surface area contributed by atoms with Gasteiger partial charge in [0.05, 0.1) is 6.61 Å². The van der Waals surface area contributed by atoms with Gasteiger partial charge in [-0.3, -0.25) is 18.4 Å². The number of benzene rings is 1. The smallest absolute Gasteiger partial charge is 0.412 e. The van der Waals surface area contributed by atoms with Gasteiger partial charge in [0.25, 0.3) is 0 Å². The molecule has 1 rings (SSSR count). The third-order valence-electron chi connectivity index (χ3n) is 3.28. The zero-order valence-corrected chi connectivity index (χ0v) is 16.6. The number of carbonyl (C=O) groups is 1. The zero-order chi connectivity index (χ0) is 23.0. The average molecular weight is 460 g/mol. The van der Waals surface area contributed by atoms with E-state index in [0.29, 0.717) is 5.56 Å². The lowest BCUT2D eigenvalue weighted by Gasteiger charge is -2.26. The second-order valence-electron chi connectivity index (χ2n) is 5.79. The van der Waals surface area contributed by atoms with Gasteiger partial charge in [-0.05, 0) is 18.1 Å². The van der Waals surface area contributed by atoms with Crippen molar-refractivity contribution in [1.29, 1.82) is 0 Å². The Labute approximate surface area is 168 Å². The molecule has 0 radical (unpaired) electrons. The summed E-state index contributed by atoms with van der Waals surface area (Å²) in [5.41, 5.74) is -2.07. The molecule has 0 spiro atoms. The Kier molecular flexibility index (Phi) is 9.33. The quantitative estimate of drug-likeness (QED) is 0.199. The number of carbonyl (C=O) groups excluding carboxylic acids is 1. The molecule has 0 aliphatic rings. The number of alkyl halides is 6. The molecule has 0 fully saturated rings. The van der Waals surface area contributed by atoms with E-state index >= 15 is 0 Å². The lowest BCUT2D eigenvalue weighted by Crippen LogP contribution is -2.30. The average Bonchev–Trinajstić information content (AvgIpc) is 2.63. The summed E-state index contributed by atoms with van der Waals surface area (Å²) in [7, 11) is -5.35. The first-order chi connectivity index (χ1) is 13.8. The van der Waals surface area contributed by atoms with Gasteiger partial charge >= 0.3 is 25.9 Å². The molecule has 1 aromatic carbocycles. The number of hydrogen-bond donors (Lipinski definition) is 0. The minimum Gasteiger partial charge on any atom is -0.465 e. The van der Waals surface area contributed by atoms with E-state index in [1.54, 1.807) is 30.3 Å². The first kappa shape index (κ1) is 25.9. The van der Waals surface area contributed by atoms with Gasteiger partial charge < -0.3 is 4.74 Å². The van der Waals surface area contributed by atoms with Crippen LogP contribution in [0.25, 0.3) is 6.08 Å². The van der Waals surface area contributed by atoms with E-state index in [1.165, 1.54) is 13.0 Å². The number of esters is 1. The molecular formula is C18H19F6O5P. The highest BCUT2D eigenvalue weighted by molar-refractivity contribution is 7.56. The van der Waals surface area contributed by atoms with Crippen LogP contribution in [0.3, 0.4) is 0 Å². The van der Waals surface area contributed by atoms with Crippen molar-refractivity contribution in [2.24, 2.45) is 0 Å². The third kappa shape index (κ3) is 9.15. The van der Waals surface area contributed by atoms with Gasteiger partial charge in [0.2, 0.25) is 0 Å². The Balaban J connectivity index is 3.29. The minimum absolute atomic E-state index is 0.288. The van der Waals surface area contributed by atoms with E-state index in [9.17, 15) is 35.7 Å². The van der Waals surface area contributed by atoms with Crippen LogP contribution in [-0.4, -0.2) is 43.8 Å². The van der Waals surface area contributed by atoms with Crippen LogP contribution in [-0.2, 0) is 23.1 Å². The van der Waals surface area contributed by atoms with Crippen LogP contribution < -0.4 is 0 Å². The molecular weight excluding hydrogens is 441 g/mol. The van der Waals surface area contributed by atoms with Gasteiger partial charge in [-0.1, -0.05) is 49.1 Å². The molecule has 5 nitrogen and oxygen atoms in total. The molecule has 30 heavy (non-hydrogen) atoms. The van der Waals surface area contributed by atoms with Crippen molar-refractivity contribution in [3.8, 4) is 0 Å². The first-order valence-electron chi connectivity index (χ1n) is 8.38. The summed E-state index contributed by atoms with van der Waals surface area (Å²) in [6, 6.07) is 8.29. The maximum absolute atomic E-state index is 12.9. The van der Waals surface area contributed by atoms with Crippen LogP contribution in [0, 0.1) is 0 Å². The summed E-state index contributed by atoms with van der Waals surface area (Å²) in [6.07, 6.45) is -7.61. The van der Waals surface area contributed by atoms with Gasteiger partial charge in [0.15, 0.2) is 18.9 Å². The van der Waals surface area contributed by atoms with Gasteiger partial charge in [-0.2, -0.15) is 26.3 Å². The molecule has 0 aromatic heterocycles. The number of halogens is 6. The van der Waals surface area contributed by atoms with E-state index in [2.05, 4.69) is 20.4 Å². The van der Waals surface area contributed by atoms with Crippen molar-refractivity contribution >= 4 is 19.6 Å². The second kappa shape index (κ2) is 10.8. The van der Waals surface area contributed by atoms with Crippen molar-refractivity contribution in [1.82, 2.24) is 0 Å². The van der Waals surface area contributed by atoms with Crippen LogP contribution in [0.5, 0.6) is 0 Å². The summed E-state index contributed by atoms with van der Waals surface area (Å²) < 4.78 is 101. The fourth-order valence-electron chi connectivity index (χ4n) is 2.08. The van der Waals surface area contributed by atoms with Crippen LogP contribution in [0.1, 0.15) is 12.5 Å². The lowest BCUT2D eigenvalue weighted by molar-refractivity contribution is -0.167. The molecule has 0 N–H and O–H groups in total. The van der Waals surface area contributed by atoms with Crippen molar-refractivity contribution in [2.45, 2.75) is 24.9 Å². The van der Waals surface area contributed by atoms with Crippen LogP contribution in [0.15, 0.2) is 48.6 Å². The van der Waals surface area contributed by atoms with Crippen LogP contribution in [0.4, 0.5) is 26.3 Å². The van der Waals surface area contributed by atoms with Crippen molar-refractivity contribution in [3.05, 3.63) is 54.1 Å². The van der Waals surface area contributed by atoms with E-state index in [0.717, 1.165) is 6.08 Å². The molecule has 168 valence electrons. The fraction of sp³-hybridized carbons (Fsp3) is 0.389. The Morgan fingerprint density at radius 1 is 1.07 bits per heavy atom. The van der Waals surface area contributed by atoms with E-state index < -0.39 is 50.4 Å². The third-order valence-corrected chi connectivity index (χ3v) is 5.44. The summed E-state index contributed by atoms with van der Waals surface area (Å²) in [5, 5.41) is 0. The first-order valence-corrected chi connectivity index (χ1v) is 9.99. The maximum Gasteiger partial charge on any atom is 0.412 e. The predicted molar refractivity (Wildman–Crippen MR) is 96.7 cm³/mol. The largest absolute Gasteiger partial charge is 0.465 e.